The molecular weight excluding hydrogens is 298 g/mol. The van der Waals surface area contributed by atoms with Crippen LogP contribution in [0.15, 0.2) is 33.6 Å². The summed E-state index contributed by atoms with van der Waals surface area (Å²) in [5.74, 6) is 0.731. The number of hydrogen-bond donors (Lipinski definition) is 1. The predicted molar refractivity (Wildman–Crippen MR) is 67.7 cm³/mol. The maximum atomic E-state index is 10.8. The van der Waals surface area contributed by atoms with Gasteiger partial charge in [-0.1, -0.05) is 15.9 Å². The topological polar surface area (TPSA) is 46.2 Å². The molecule has 15 heavy (non-hydrogen) atoms. The number of hydrogen-bond acceptors (Lipinski definition) is 3. The zero-order chi connectivity index (χ0) is 11.3. The lowest BCUT2D eigenvalue weighted by atomic mass is 10.4. The molecule has 0 radical (unpaired) electrons. The van der Waals surface area contributed by atoms with Crippen LogP contribution < -0.4 is 4.72 Å². The highest BCUT2D eigenvalue weighted by atomic mass is 79.9. The number of nitrogens with one attached hydrogen (secondary N) is 1. The average Bonchev–Trinajstić information content (AvgIpc) is 2.14. The first-order valence-corrected chi connectivity index (χ1v) is 7.97. The molecule has 0 spiro atoms. The second-order valence-corrected chi connectivity index (χ2v) is 6.89. The van der Waals surface area contributed by atoms with E-state index in [1.807, 2.05) is 24.3 Å². The maximum Gasteiger partial charge on any atom is 0.208 e. The van der Waals surface area contributed by atoms with Crippen molar-refractivity contribution in [2.45, 2.75) is 4.90 Å². The van der Waals surface area contributed by atoms with Gasteiger partial charge in [0.2, 0.25) is 10.0 Å². The Balaban J connectivity index is 2.29. The van der Waals surface area contributed by atoms with Gasteiger partial charge in [0.05, 0.1) is 6.26 Å². The minimum Gasteiger partial charge on any atom is -0.215 e. The van der Waals surface area contributed by atoms with Crippen LogP contribution in [0.3, 0.4) is 0 Å². The van der Waals surface area contributed by atoms with Crippen molar-refractivity contribution >= 4 is 37.7 Å². The van der Waals surface area contributed by atoms with Gasteiger partial charge in [-0.15, -0.1) is 11.8 Å². The molecule has 0 atom stereocenters. The molecule has 0 bridgehead atoms. The van der Waals surface area contributed by atoms with Crippen molar-refractivity contribution in [1.82, 2.24) is 4.72 Å². The normalized spacial score (nSPS) is 11.6. The summed E-state index contributed by atoms with van der Waals surface area (Å²) in [5, 5.41) is 0. The molecule has 1 aromatic carbocycles. The lowest BCUT2D eigenvalue weighted by Crippen LogP contribution is -2.24. The second kappa shape index (κ2) is 5.89. The van der Waals surface area contributed by atoms with Crippen molar-refractivity contribution in [3.63, 3.8) is 0 Å². The van der Waals surface area contributed by atoms with Crippen molar-refractivity contribution in [3.8, 4) is 0 Å². The summed E-state index contributed by atoms with van der Waals surface area (Å²) in [6.07, 6.45) is 1.16. The molecule has 1 N–H and O–H groups in total. The van der Waals surface area contributed by atoms with Gasteiger partial charge in [0.15, 0.2) is 0 Å². The van der Waals surface area contributed by atoms with Gasteiger partial charge in [-0.2, -0.15) is 0 Å². The van der Waals surface area contributed by atoms with Crippen LogP contribution in [0.25, 0.3) is 0 Å². The lowest BCUT2D eigenvalue weighted by Gasteiger charge is -2.02. The van der Waals surface area contributed by atoms with Gasteiger partial charge in [-0.3, -0.25) is 0 Å². The van der Waals surface area contributed by atoms with Crippen LogP contribution in [0.1, 0.15) is 0 Å². The van der Waals surface area contributed by atoms with Crippen LogP contribution in [0.5, 0.6) is 0 Å². The Labute approximate surface area is 103 Å². The fourth-order valence-electron chi connectivity index (χ4n) is 0.927. The predicted octanol–water partition coefficient (Wildman–Crippen LogP) is 2.09. The van der Waals surface area contributed by atoms with Gasteiger partial charge >= 0.3 is 0 Å². The van der Waals surface area contributed by atoms with E-state index in [2.05, 4.69) is 20.7 Å². The third-order valence-electron chi connectivity index (χ3n) is 1.55. The lowest BCUT2D eigenvalue weighted by molar-refractivity contribution is 0.590. The van der Waals surface area contributed by atoms with Crippen LogP contribution in [0.4, 0.5) is 0 Å². The van der Waals surface area contributed by atoms with E-state index in [1.54, 1.807) is 11.8 Å². The molecular formula is C9H12BrNO2S2. The van der Waals surface area contributed by atoms with Gasteiger partial charge < -0.3 is 0 Å². The molecule has 3 nitrogen and oxygen atoms in total. The molecule has 0 fully saturated rings. The van der Waals surface area contributed by atoms with Crippen molar-refractivity contribution in [1.29, 1.82) is 0 Å². The molecule has 0 aromatic heterocycles. The van der Waals surface area contributed by atoms with Crippen LogP contribution >= 0.6 is 27.7 Å². The van der Waals surface area contributed by atoms with Crippen molar-refractivity contribution in [2.75, 3.05) is 18.6 Å². The fraction of sp³-hybridized carbons (Fsp3) is 0.333. The Bertz CT molecular complexity index is 403. The molecule has 84 valence electrons. The highest BCUT2D eigenvalue weighted by Gasteiger charge is 1.99. The van der Waals surface area contributed by atoms with Gasteiger partial charge in [0, 0.05) is 21.7 Å². The van der Waals surface area contributed by atoms with E-state index in [1.165, 1.54) is 0 Å². The minimum absolute atomic E-state index is 0.458. The molecule has 1 rings (SSSR count). The zero-order valence-corrected chi connectivity index (χ0v) is 11.5. The van der Waals surface area contributed by atoms with Gasteiger partial charge in [-0.05, 0) is 24.3 Å². The fourth-order valence-corrected chi connectivity index (χ4v) is 2.56. The first-order valence-electron chi connectivity index (χ1n) is 4.30. The summed E-state index contributed by atoms with van der Waals surface area (Å²) >= 11 is 4.97. The quantitative estimate of drug-likeness (QED) is 0.669. The Morgan fingerprint density at radius 3 is 2.47 bits per heavy atom. The molecule has 0 heterocycles. The van der Waals surface area contributed by atoms with Gasteiger partial charge in [0.1, 0.15) is 0 Å². The number of benzene rings is 1. The first kappa shape index (κ1) is 13.0. The summed E-state index contributed by atoms with van der Waals surface area (Å²) in [4.78, 5) is 1.13. The Kier molecular flexibility index (Phi) is 5.11. The summed E-state index contributed by atoms with van der Waals surface area (Å²) in [5.41, 5.74) is 0. The van der Waals surface area contributed by atoms with E-state index in [4.69, 9.17) is 0 Å². The number of thioether (sulfide) groups is 1. The first-order chi connectivity index (χ1) is 6.97. The summed E-state index contributed by atoms with van der Waals surface area (Å²) < 4.78 is 25.0. The zero-order valence-electron chi connectivity index (χ0n) is 8.23. The van der Waals surface area contributed by atoms with E-state index in [-0.39, 0.29) is 0 Å². The number of halogens is 1. The molecule has 6 heteroatoms. The van der Waals surface area contributed by atoms with Crippen LogP contribution in [0, 0.1) is 0 Å². The monoisotopic (exact) mass is 309 g/mol. The molecule has 0 unspecified atom stereocenters. The van der Waals surface area contributed by atoms with E-state index >= 15 is 0 Å². The van der Waals surface area contributed by atoms with E-state index in [0.717, 1.165) is 21.4 Å². The van der Waals surface area contributed by atoms with E-state index < -0.39 is 10.0 Å². The largest absolute Gasteiger partial charge is 0.215 e. The molecule has 0 aliphatic rings. The van der Waals surface area contributed by atoms with Crippen molar-refractivity contribution in [3.05, 3.63) is 28.7 Å². The molecule has 0 saturated heterocycles. The third-order valence-corrected chi connectivity index (χ3v) is 3.82. The molecule has 0 amide bonds. The second-order valence-electron chi connectivity index (χ2n) is 2.97. The summed E-state index contributed by atoms with van der Waals surface area (Å²) in [7, 11) is -3.06. The van der Waals surface area contributed by atoms with Crippen molar-refractivity contribution in [2.24, 2.45) is 0 Å². The molecule has 0 aliphatic heterocycles. The third kappa shape index (κ3) is 6.19. The van der Waals surface area contributed by atoms with Gasteiger partial charge in [0.25, 0.3) is 0 Å². The smallest absolute Gasteiger partial charge is 0.208 e. The molecule has 1 aromatic rings. The highest BCUT2D eigenvalue weighted by Crippen LogP contribution is 2.19. The highest BCUT2D eigenvalue weighted by molar-refractivity contribution is 9.10. The average molecular weight is 310 g/mol. The van der Waals surface area contributed by atoms with Crippen molar-refractivity contribution < 1.29 is 8.42 Å². The van der Waals surface area contributed by atoms with Gasteiger partial charge in [-0.25, -0.2) is 13.1 Å². The Hall–Kier alpha value is -0.0400. The molecule has 0 saturated carbocycles. The summed E-state index contributed by atoms with van der Waals surface area (Å²) in [6.45, 7) is 0.458. The minimum atomic E-state index is -3.06. The maximum absolute atomic E-state index is 10.8. The van der Waals surface area contributed by atoms with Crippen LogP contribution in [0.2, 0.25) is 0 Å². The summed E-state index contributed by atoms with van der Waals surface area (Å²) in [6, 6.07) is 7.92. The standard InChI is InChI=1S/C9H12BrNO2S2/c1-15(12,13)11-6-7-14-9-4-2-8(10)3-5-9/h2-5,11H,6-7H2,1H3. The van der Waals surface area contributed by atoms with Crippen LogP contribution in [-0.4, -0.2) is 27.0 Å². The SMILES string of the molecule is CS(=O)(=O)NCCSc1ccc(Br)cc1. The number of sulfonamides is 1. The van der Waals surface area contributed by atoms with Crippen LogP contribution in [-0.2, 0) is 10.0 Å². The Morgan fingerprint density at radius 2 is 1.93 bits per heavy atom. The Morgan fingerprint density at radius 1 is 1.33 bits per heavy atom. The molecule has 0 aliphatic carbocycles. The van der Waals surface area contributed by atoms with E-state index in [9.17, 15) is 8.42 Å². The number of rotatable bonds is 5. The van der Waals surface area contributed by atoms with E-state index in [0.29, 0.717) is 6.54 Å².